The van der Waals surface area contributed by atoms with Crippen molar-refractivity contribution in [3.05, 3.63) is 35.4 Å². The van der Waals surface area contributed by atoms with Crippen LogP contribution in [0, 0.1) is 0 Å². The van der Waals surface area contributed by atoms with E-state index in [1.54, 1.807) is 12.1 Å². The van der Waals surface area contributed by atoms with Gasteiger partial charge in [-0.3, -0.25) is 9.59 Å². The minimum atomic E-state index is -0.784. The third-order valence-corrected chi connectivity index (χ3v) is 2.14. The molecule has 0 aromatic heterocycles. The molecule has 80 valence electrons. The summed E-state index contributed by atoms with van der Waals surface area (Å²) in [5.41, 5.74) is 11.1. The largest absolute Gasteiger partial charge is 0.368 e. The molecule has 0 fully saturated rings. The summed E-state index contributed by atoms with van der Waals surface area (Å²) in [5, 5.41) is 0. The lowest BCUT2D eigenvalue weighted by Gasteiger charge is -2.10. The van der Waals surface area contributed by atoms with Gasteiger partial charge in [0.1, 0.15) is 6.04 Å². The van der Waals surface area contributed by atoms with Gasteiger partial charge in [-0.2, -0.15) is 0 Å². The second kappa shape index (κ2) is 4.77. The molecule has 0 aliphatic heterocycles. The van der Waals surface area contributed by atoms with E-state index in [2.05, 4.69) is 4.84 Å². The first-order valence-corrected chi connectivity index (χ1v) is 4.49. The second-order valence-electron chi connectivity index (χ2n) is 2.93. The fourth-order valence-electron chi connectivity index (χ4n) is 1.12. The summed E-state index contributed by atoms with van der Waals surface area (Å²) in [6, 6.07) is 5.34. The van der Waals surface area contributed by atoms with Gasteiger partial charge >= 0.3 is 0 Å². The minimum absolute atomic E-state index is 0.358. The molecular weight excluding hydrogens is 218 g/mol. The Morgan fingerprint density at radius 1 is 1.20 bits per heavy atom. The number of benzene rings is 1. The number of carbonyl (C=O) groups excluding carboxylic acids is 2. The summed E-state index contributed by atoms with van der Waals surface area (Å²) in [6.45, 7) is 0. The Bertz CT molecular complexity index is 377. The van der Waals surface area contributed by atoms with Crippen LogP contribution in [0.25, 0.3) is 0 Å². The third-order valence-electron chi connectivity index (χ3n) is 1.92. The molecule has 0 saturated carbocycles. The minimum Gasteiger partial charge on any atom is -0.368 e. The molecular formula is C9H10ClN3O2. The van der Waals surface area contributed by atoms with Gasteiger partial charge in [0.05, 0.1) is 0 Å². The Morgan fingerprint density at radius 2 is 1.73 bits per heavy atom. The summed E-state index contributed by atoms with van der Waals surface area (Å²) < 4.78 is 0. The van der Waals surface area contributed by atoms with Gasteiger partial charge in [0, 0.05) is 5.56 Å². The molecule has 2 amide bonds. The molecule has 5 nitrogen and oxygen atoms in total. The standard InChI is InChI=1S/C9H10ClN3O2/c10-13-7(9(12)15)5-1-3-6(4-2-5)8(11)14/h1-4,7,13H,(H2,11,14)(H2,12,15)/t7-/m1/s1. The fraction of sp³-hybridized carbons (Fsp3) is 0.111. The topological polar surface area (TPSA) is 98.2 Å². The van der Waals surface area contributed by atoms with Gasteiger partial charge in [-0.1, -0.05) is 12.1 Å². The van der Waals surface area contributed by atoms with Gasteiger partial charge in [0.2, 0.25) is 11.8 Å². The molecule has 15 heavy (non-hydrogen) atoms. The number of amides is 2. The molecule has 1 aromatic carbocycles. The van der Waals surface area contributed by atoms with E-state index in [4.69, 9.17) is 23.2 Å². The summed E-state index contributed by atoms with van der Waals surface area (Å²) in [7, 11) is 0. The zero-order valence-electron chi connectivity index (χ0n) is 7.74. The highest BCUT2D eigenvalue weighted by atomic mass is 35.5. The van der Waals surface area contributed by atoms with Crippen LogP contribution in [-0.2, 0) is 4.79 Å². The summed E-state index contributed by atoms with van der Waals surface area (Å²) in [6.07, 6.45) is 0. The summed E-state index contributed by atoms with van der Waals surface area (Å²) in [4.78, 5) is 24.0. The maximum Gasteiger partial charge on any atom is 0.248 e. The lowest BCUT2D eigenvalue weighted by atomic mass is 10.1. The molecule has 5 N–H and O–H groups in total. The number of carbonyl (C=O) groups is 2. The second-order valence-corrected chi connectivity index (χ2v) is 3.15. The number of nitrogens with two attached hydrogens (primary N) is 2. The highest BCUT2D eigenvalue weighted by Crippen LogP contribution is 2.14. The van der Waals surface area contributed by atoms with E-state index >= 15 is 0 Å². The van der Waals surface area contributed by atoms with Crippen molar-refractivity contribution in [2.24, 2.45) is 11.5 Å². The molecule has 6 heteroatoms. The lowest BCUT2D eigenvalue weighted by molar-refractivity contribution is -0.119. The van der Waals surface area contributed by atoms with Gasteiger partial charge in [0.15, 0.2) is 0 Å². The Labute approximate surface area is 91.5 Å². The highest BCUT2D eigenvalue weighted by molar-refractivity contribution is 6.15. The number of primary amides is 2. The normalized spacial score (nSPS) is 12.1. The van der Waals surface area contributed by atoms with Gasteiger partial charge in [-0.25, -0.2) is 4.84 Å². The van der Waals surface area contributed by atoms with E-state index in [1.807, 2.05) is 0 Å². The van der Waals surface area contributed by atoms with E-state index in [0.29, 0.717) is 11.1 Å². The predicted molar refractivity (Wildman–Crippen MR) is 55.9 cm³/mol. The van der Waals surface area contributed by atoms with Crippen molar-refractivity contribution in [2.75, 3.05) is 0 Å². The molecule has 0 unspecified atom stereocenters. The number of hydrogen-bond acceptors (Lipinski definition) is 3. The smallest absolute Gasteiger partial charge is 0.248 e. The van der Waals surface area contributed by atoms with Crippen LogP contribution in [0.5, 0.6) is 0 Å². The van der Waals surface area contributed by atoms with Gasteiger partial charge in [-0.05, 0) is 29.5 Å². The van der Waals surface area contributed by atoms with E-state index in [1.165, 1.54) is 12.1 Å². The summed E-state index contributed by atoms with van der Waals surface area (Å²) in [5.74, 6) is -1.13. The maximum atomic E-state index is 10.9. The highest BCUT2D eigenvalue weighted by Gasteiger charge is 2.16. The van der Waals surface area contributed by atoms with E-state index in [0.717, 1.165) is 0 Å². The number of rotatable bonds is 4. The monoisotopic (exact) mass is 227 g/mol. The lowest BCUT2D eigenvalue weighted by Crippen LogP contribution is -2.28. The first-order chi connectivity index (χ1) is 7.06. The van der Waals surface area contributed by atoms with Crippen LogP contribution < -0.4 is 16.3 Å². The molecule has 1 aromatic rings. The van der Waals surface area contributed by atoms with Gasteiger partial charge in [0.25, 0.3) is 0 Å². The molecule has 0 aliphatic rings. The van der Waals surface area contributed by atoms with Crippen LogP contribution >= 0.6 is 11.8 Å². The zero-order valence-corrected chi connectivity index (χ0v) is 8.49. The van der Waals surface area contributed by atoms with Gasteiger partial charge in [-0.15, -0.1) is 0 Å². The Kier molecular flexibility index (Phi) is 3.65. The number of halogens is 1. The molecule has 0 saturated heterocycles. The average molecular weight is 228 g/mol. The fourth-order valence-corrected chi connectivity index (χ4v) is 1.35. The van der Waals surface area contributed by atoms with Crippen molar-refractivity contribution in [3.63, 3.8) is 0 Å². The molecule has 0 radical (unpaired) electrons. The van der Waals surface area contributed by atoms with Crippen molar-refractivity contribution in [1.29, 1.82) is 0 Å². The van der Waals surface area contributed by atoms with Crippen molar-refractivity contribution in [1.82, 2.24) is 4.84 Å². The van der Waals surface area contributed by atoms with Crippen LogP contribution in [-0.4, -0.2) is 11.8 Å². The SMILES string of the molecule is NC(=O)c1ccc([C@@H](NCl)C(N)=O)cc1. The molecule has 0 bridgehead atoms. The Hall–Kier alpha value is -1.59. The molecule has 0 aliphatic carbocycles. The molecule has 0 heterocycles. The molecule has 1 atom stereocenters. The van der Waals surface area contributed by atoms with Crippen LogP contribution in [0.4, 0.5) is 0 Å². The quantitative estimate of drug-likeness (QED) is 0.634. The molecule has 1 rings (SSSR count). The van der Waals surface area contributed by atoms with Gasteiger partial charge < -0.3 is 11.5 Å². The first kappa shape index (κ1) is 11.5. The van der Waals surface area contributed by atoms with E-state index < -0.39 is 17.9 Å². The van der Waals surface area contributed by atoms with E-state index in [9.17, 15) is 9.59 Å². The van der Waals surface area contributed by atoms with E-state index in [-0.39, 0.29) is 0 Å². The zero-order chi connectivity index (χ0) is 11.4. The summed E-state index contributed by atoms with van der Waals surface area (Å²) >= 11 is 5.36. The van der Waals surface area contributed by atoms with Crippen LogP contribution in [0.15, 0.2) is 24.3 Å². The average Bonchev–Trinajstić information content (AvgIpc) is 2.19. The maximum absolute atomic E-state index is 10.9. The van der Waals surface area contributed by atoms with Crippen molar-refractivity contribution in [3.8, 4) is 0 Å². The Morgan fingerprint density at radius 3 is 2.07 bits per heavy atom. The number of hydrogen-bond donors (Lipinski definition) is 3. The predicted octanol–water partition coefficient (Wildman–Crippen LogP) is 0.0553. The number of nitrogens with one attached hydrogen (secondary N) is 1. The first-order valence-electron chi connectivity index (χ1n) is 4.11. The molecule has 0 spiro atoms. The van der Waals surface area contributed by atoms with Crippen LogP contribution in [0.2, 0.25) is 0 Å². The van der Waals surface area contributed by atoms with Crippen LogP contribution in [0.3, 0.4) is 0 Å². The van der Waals surface area contributed by atoms with Crippen LogP contribution in [0.1, 0.15) is 22.0 Å². The Balaban J connectivity index is 2.97. The van der Waals surface area contributed by atoms with Crippen molar-refractivity contribution in [2.45, 2.75) is 6.04 Å². The third kappa shape index (κ3) is 2.68. The van der Waals surface area contributed by atoms with Crippen molar-refractivity contribution >= 4 is 23.6 Å². The van der Waals surface area contributed by atoms with Crippen molar-refractivity contribution < 1.29 is 9.59 Å².